The zero-order valence-corrected chi connectivity index (χ0v) is 18.5. The Balaban J connectivity index is 1.54. The third-order valence-corrected chi connectivity index (χ3v) is 5.72. The average Bonchev–Trinajstić information content (AvgIpc) is 3.06. The number of amides is 1. The molecule has 7 nitrogen and oxygen atoms in total. The normalized spacial score (nSPS) is 11.9. The molecule has 0 aliphatic carbocycles. The smallest absolute Gasteiger partial charge is 0.233 e. The van der Waals surface area contributed by atoms with Crippen molar-refractivity contribution in [1.82, 2.24) is 20.2 Å². The number of carbonyl (C=O) groups excluding carboxylic acids is 1. The first kappa shape index (κ1) is 21.7. The Kier molecular flexibility index (Phi) is 6.99. The predicted molar refractivity (Wildman–Crippen MR) is 119 cm³/mol. The fourth-order valence-corrected chi connectivity index (χ4v) is 3.65. The van der Waals surface area contributed by atoms with Gasteiger partial charge in [0.2, 0.25) is 11.1 Å². The summed E-state index contributed by atoms with van der Waals surface area (Å²) in [5.41, 5.74) is 4.47. The van der Waals surface area contributed by atoms with Crippen LogP contribution < -0.4 is 15.9 Å². The molecule has 0 bridgehead atoms. The highest BCUT2D eigenvalue weighted by atomic mass is 32.2. The Hall–Kier alpha value is -3.00. The quantitative estimate of drug-likeness (QED) is 0.425. The summed E-state index contributed by atoms with van der Waals surface area (Å²) in [6.45, 7) is 8.56. The summed E-state index contributed by atoms with van der Waals surface area (Å²) in [5.74, 6) is 7.30. The van der Waals surface area contributed by atoms with E-state index >= 15 is 0 Å². The van der Waals surface area contributed by atoms with Crippen molar-refractivity contribution in [2.75, 3.05) is 5.84 Å². The minimum absolute atomic E-state index is 0.0864. The number of nitrogens with two attached hydrogens (primary N) is 1. The molecule has 0 fully saturated rings. The van der Waals surface area contributed by atoms with Gasteiger partial charge in [-0.2, -0.15) is 0 Å². The van der Waals surface area contributed by atoms with Crippen molar-refractivity contribution in [1.29, 1.82) is 0 Å². The summed E-state index contributed by atoms with van der Waals surface area (Å²) < 4.78 is 7.20. The van der Waals surface area contributed by atoms with Gasteiger partial charge in [0.25, 0.3) is 0 Å². The maximum atomic E-state index is 12.4. The van der Waals surface area contributed by atoms with E-state index in [2.05, 4.69) is 21.6 Å². The molecular weight excluding hydrogens is 398 g/mol. The van der Waals surface area contributed by atoms with Crippen LogP contribution in [0.1, 0.15) is 35.0 Å². The van der Waals surface area contributed by atoms with Crippen LogP contribution in [-0.4, -0.2) is 26.0 Å². The van der Waals surface area contributed by atoms with Crippen LogP contribution in [0.5, 0.6) is 5.75 Å². The molecule has 0 aliphatic heterocycles. The minimum Gasteiger partial charge on any atom is -0.485 e. The summed E-state index contributed by atoms with van der Waals surface area (Å²) in [6, 6.07) is 14.0. The van der Waals surface area contributed by atoms with Gasteiger partial charge in [-0.25, -0.2) is 4.68 Å². The lowest BCUT2D eigenvalue weighted by Crippen LogP contribution is -2.31. The van der Waals surface area contributed by atoms with Crippen molar-refractivity contribution in [3.63, 3.8) is 0 Å². The molecule has 1 heterocycles. The molecule has 8 heteroatoms. The van der Waals surface area contributed by atoms with Crippen LogP contribution in [0, 0.1) is 20.8 Å². The molecule has 30 heavy (non-hydrogen) atoms. The van der Waals surface area contributed by atoms with Crippen molar-refractivity contribution in [3.05, 3.63) is 70.5 Å². The molecule has 0 spiro atoms. The van der Waals surface area contributed by atoms with Crippen molar-refractivity contribution in [3.8, 4) is 5.75 Å². The second-order valence-corrected chi connectivity index (χ2v) is 8.60. The molecule has 3 N–H and O–H groups in total. The van der Waals surface area contributed by atoms with Gasteiger partial charge >= 0.3 is 0 Å². The first-order chi connectivity index (χ1) is 14.3. The van der Waals surface area contributed by atoms with Crippen LogP contribution in [0.2, 0.25) is 0 Å². The van der Waals surface area contributed by atoms with Gasteiger partial charge in [0.15, 0.2) is 5.82 Å². The van der Waals surface area contributed by atoms with Gasteiger partial charge in [0.1, 0.15) is 12.4 Å². The number of nitrogens with one attached hydrogen (secondary N) is 1. The van der Waals surface area contributed by atoms with Crippen molar-refractivity contribution < 1.29 is 9.53 Å². The fourth-order valence-electron chi connectivity index (χ4n) is 2.84. The van der Waals surface area contributed by atoms with Crippen molar-refractivity contribution in [2.24, 2.45) is 0 Å². The number of nitrogens with zero attached hydrogens (tertiary/aromatic N) is 3. The van der Waals surface area contributed by atoms with E-state index in [0.29, 0.717) is 17.5 Å². The molecule has 0 radical (unpaired) electrons. The van der Waals surface area contributed by atoms with E-state index in [1.165, 1.54) is 27.6 Å². The number of thioether (sulfide) groups is 1. The van der Waals surface area contributed by atoms with E-state index in [4.69, 9.17) is 10.6 Å². The van der Waals surface area contributed by atoms with E-state index in [-0.39, 0.29) is 17.8 Å². The SMILES string of the molecule is Cc1ccc(CNC(=O)[C@H](C)Sc2nnc(COc3ccc(C)cc3C)n2N)cc1. The van der Waals surface area contributed by atoms with Crippen molar-refractivity contribution in [2.45, 2.75) is 51.3 Å². The molecule has 3 rings (SSSR count). The lowest BCUT2D eigenvalue weighted by molar-refractivity contribution is -0.120. The second kappa shape index (κ2) is 9.67. The standard InChI is InChI=1S/C22H27N5O2S/c1-14-5-8-18(9-6-14)12-24-21(28)17(4)30-22-26-25-20(27(22)23)13-29-19-10-7-15(2)11-16(19)3/h5-11,17H,12-13,23H2,1-4H3,(H,24,28)/t17-/m0/s1. The van der Waals surface area contributed by atoms with Gasteiger partial charge in [-0.15, -0.1) is 10.2 Å². The highest BCUT2D eigenvalue weighted by molar-refractivity contribution is 8.00. The summed E-state index contributed by atoms with van der Waals surface area (Å²) in [6.07, 6.45) is 0. The van der Waals surface area contributed by atoms with Gasteiger partial charge in [0, 0.05) is 6.54 Å². The van der Waals surface area contributed by atoms with E-state index in [1.54, 1.807) is 0 Å². The van der Waals surface area contributed by atoms with Crippen LogP contribution in [0.15, 0.2) is 47.6 Å². The Labute approximate surface area is 181 Å². The largest absolute Gasteiger partial charge is 0.485 e. The zero-order chi connectivity index (χ0) is 21.7. The molecule has 3 aromatic rings. The number of ether oxygens (including phenoxy) is 1. The van der Waals surface area contributed by atoms with Gasteiger partial charge in [-0.05, 0) is 44.9 Å². The highest BCUT2D eigenvalue weighted by Crippen LogP contribution is 2.23. The van der Waals surface area contributed by atoms with Gasteiger partial charge in [-0.3, -0.25) is 4.79 Å². The number of aryl methyl sites for hydroxylation is 3. The lowest BCUT2D eigenvalue weighted by atomic mass is 10.1. The maximum Gasteiger partial charge on any atom is 0.233 e. The van der Waals surface area contributed by atoms with E-state index < -0.39 is 0 Å². The Bertz CT molecular complexity index is 1020. The molecule has 1 aromatic heterocycles. The Morgan fingerprint density at radius 2 is 1.83 bits per heavy atom. The fraction of sp³-hybridized carbons (Fsp3) is 0.318. The molecule has 0 unspecified atom stereocenters. The molecule has 1 atom stereocenters. The monoisotopic (exact) mass is 425 g/mol. The maximum absolute atomic E-state index is 12.4. The molecular formula is C22H27N5O2S. The number of hydrogen-bond acceptors (Lipinski definition) is 6. The topological polar surface area (TPSA) is 95.1 Å². The second-order valence-electron chi connectivity index (χ2n) is 7.29. The number of hydrogen-bond donors (Lipinski definition) is 2. The van der Waals surface area contributed by atoms with E-state index in [1.807, 2.05) is 64.1 Å². The molecule has 2 aromatic carbocycles. The Morgan fingerprint density at radius 1 is 1.13 bits per heavy atom. The van der Waals surface area contributed by atoms with E-state index in [0.717, 1.165) is 16.9 Å². The predicted octanol–water partition coefficient (Wildman–Crippen LogP) is 3.29. The highest BCUT2D eigenvalue weighted by Gasteiger charge is 2.19. The summed E-state index contributed by atoms with van der Waals surface area (Å²) in [7, 11) is 0. The number of rotatable bonds is 8. The number of carbonyl (C=O) groups is 1. The minimum atomic E-state index is -0.366. The lowest BCUT2D eigenvalue weighted by Gasteiger charge is -2.12. The average molecular weight is 426 g/mol. The molecule has 1 amide bonds. The third-order valence-electron chi connectivity index (χ3n) is 4.66. The third kappa shape index (κ3) is 5.54. The Morgan fingerprint density at radius 3 is 2.53 bits per heavy atom. The van der Waals surface area contributed by atoms with E-state index in [9.17, 15) is 4.79 Å². The number of benzene rings is 2. The first-order valence-corrected chi connectivity index (χ1v) is 10.6. The van der Waals surface area contributed by atoms with Crippen molar-refractivity contribution >= 4 is 17.7 Å². The number of nitrogen functional groups attached to an aromatic ring is 1. The summed E-state index contributed by atoms with van der Waals surface area (Å²) >= 11 is 1.26. The summed E-state index contributed by atoms with van der Waals surface area (Å²) in [5, 5.41) is 11.2. The molecule has 0 saturated heterocycles. The molecule has 0 saturated carbocycles. The van der Waals surface area contributed by atoms with Crippen LogP contribution in [0.3, 0.4) is 0 Å². The molecule has 158 valence electrons. The van der Waals surface area contributed by atoms with Gasteiger partial charge in [-0.1, -0.05) is 59.3 Å². The number of aromatic nitrogens is 3. The summed E-state index contributed by atoms with van der Waals surface area (Å²) in [4.78, 5) is 12.4. The zero-order valence-electron chi connectivity index (χ0n) is 17.7. The van der Waals surface area contributed by atoms with Gasteiger partial charge in [0.05, 0.1) is 5.25 Å². The van der Waals surface area contributed by atoms with Gasteiger partial charge < -0.3 is 15.9 Å². The first-order valence-electron chi connectivity index (χ1n) is 9.73. The van der Waals surface area contributed by atoms with Crippen LogP contribution in [0.25, 0.3) is 0 Å². The van der Waals surface area contributed by atoms with Crippen LogP contribution >= 0.6 is 11.8 Å². The molecule has 0 aliphatic rings. The van der Waals surface area contributed by atoms with Crippen LogP contribution in [0.4, 0.5) is 0 Å². The van der Waals surface area contributed by atoms with Crippen LogP contribution in [-0.2, 0) is 17.9 Å².